The van der Waals surface area contributed by atoms with Gasteiger partial charge in [0.1, 0.15) is 19.3 Å². The summed E-state index contributed by atoms with van der Waals surface area (Å²) in [5.41, 5.74) is 0. The highest BCUT2D eigenvalue weighted by Crippen LogP contribution is 2.45. The van der Waals surface area contributed by atoms with E-state index in [2.05, 4.69) is 55.4 Å². The fourth-order valence-electron chi connectivity index (χ4n) is 9.54. The Balaban J connectivity index is 5.26. The van der Waals surface area contributed by atoms with E-state index in [9.17, 15) is 43.2 Å². The van der Waals surface area contributed by atoms with Crippen molar-refractivity contribution < 1.29 is 80.2 Å². The Kier molecular flexibility index (Phi) is 53.9. The number of aliphatic hydroxyl groups excluding tert-OH is 1. The Hall–Kier alpha value is -1.94. The third-order valence-corrected chi connectivity index (χ3v) is 17.4. The van der Waals surface area contributed by atoms with Crippen LogP contribution in [0.1, 0.15) is 312 Å². The van der Waals surface area contributed by atoms with Gasteiger partial charge >= 0.3 is 39.5 Å². The number of rotatable bonds is 62. The molecule has 0 saturated carbocycles. The third-order valence-electron chi connectivity index (χ3n) is 15.5. The molecule has 0 aliphatic rings. The van der Waals surface area contributed by atoms with Crippen LogP contribution in [0.5, 0.6) is 0 Å². The predicted molar refractivity (Wildman–Crippen MR) is 335 cm³/mol. The molecule has 0 aliphatic carbocycles. The van der Waals surface area contributed by atoms with E-state index in [0.717, 1.165) is 120 Å². The summed E-state index contributed by atoms with van der Waals surface area (Å²) in [5, 5.41) is 10.5. The van der Waals surface area contributed by atoms with Crippen molar-refractivity contribution in [1.82, 2.24) is 0 Å². The van der Waals surface area contributed by atoms with Crippen LogP contribution in [-0.2, 0) is 65.4 Å². The molecule has 17 nitrogen and oxygen atoms in total. The summed E-state index contributed by atoms with van der Waals surface area (Å²) >= 11 is 0. The molecule has 0 fully saturated rings. The topological polar surface area (TPSA) is 237 Å². The molecule has 7 atom stereocenters. The fourth-order valence-corrected chi connectivity index (χ4v) is 11.1. The molecule has 0 bridgehead atoms. The molecular formula is C65H126O17P2. The lowest BCUT2D eigenvalue weighted by Gasteiger charge is -2.21. The number of hydrogen-bond donors (Lipinski definition) is 3. The quantitative estimate of drug-likeness (QED) is 0.0222. The Morgan fingerprint density at radius 2 is 0.571 bits per heavy atom. The van der Waals surface area contributed by atoms with E-state index < -0.39 is 97.5 Å². The van der Waals surface area contributed by atoms with Crippen LogP contribution in [0.3, 0.4) is 0 Å². The van der Waals surface area contributed by atoms with Crippen molar-refractivity contribution in [1.29, 1.82) is 0 Å². The van der Waals surface area contributed by atoms with Crippen molar-refractivity contribution in [2.45, 2.75) is 331 Å². The number of phosphoric acid groups is 2. The first-order valence-corrected chi connectivity index (χ1v) is 36.8. The molecule has 0 amide bonds. The zero-order valence-electron chi connectivity index (χ0n) is 54.5. The largest absolute Gasteiger partial charge is 0.472 e. The normalized spacial score (nSPS) is 15.1. The number of hydrogen-bond acceptors (Lipinski definition) is 15. The standard InChI is InChI=1S/C65H126O17P2/c1-9-57(7)43-35-27-21-23-30-38-46-63(68)76-52-60(81-64(69)47-39-31-20-16-15-18-26-34-42-56(5)6)53-79-83(71,72)77-49-59(66)50-78-84(73,74)80-54-61(82-65(70)48-40-32-24-22-28-36-44-58(8)10-2)51-75-62(67)45-37-29-19-14-12-11-13-17-25-33-41-55(3)4/h55-61,66H,9-54H2,1-8H3,(H,71,72)(H,73,74)/t57?,58?,59-,60+,61+/m0/s1. The van der Waals surface area contributed by atoms with Crippen LogP contribution in [0, 0.1) is 23.7 Å². The molecular weight excluding hydrogens is 1110 g/mol. The number of phosphoric ester groups is 2. The predicted octanol–water partition coefficient (Wildman–Crippen LogP) is 17.8. The first-order chi connectivity index (χ1) is 40.2. The van der Waals surface area contributed by atoms with Gasteiger partial charge in [0.2, 0.25) is 0 Å². The second kappa shape index (κ2) is 55.2. The molecule has 0 saturated heterocycles. The van der Waals surface area contributed by atoms with E-state index in [4.69, 9.17) is 37.0 Å². The molecule has 0 aromatic rings. The molecule has 498 valence electrons. The molecule has 0 aromatic heterocycles. The van der Waals surface area contributed by atoms with Gasteiger partial charge in [-0.2, -0.15) is 0 Å². The highest BCUT2D eigenvalue weighted by Gasteiger charge is 2.30. The van der Waals surface area contributed by atoms with E-state index in [1.54, 1.807) is 0 Å². The van der Waals surface area contributed by atoms with Crippen LogP contribution in [-0.4, -0.2) is 96.7 Å². The SMILES string of the molecule is CCC(C)CCCCCCCCC(=O)OC[C@H](COP(=O)(O)OC[C@H](O)COP(=O)(O)OC[C@@H](COC(=O)CCCCCCCCCCCCC(C)C)OC(=O)CCCCCCCCC(C)CC)OC(=O)CCCCCCCCCCC(C)C. The van der Waals surface area contributed by atoms with Crippen molar-refractivity contribution in [3.63, 3.8) is 0 Å². The Labute approximate surface area is 511 Å². The number of ether oxygens (including phenoxy) is 4. The lowest BCUT2D eigenvalue weighted by atomic mass is 10.00. The van der Waals surface area contributed by atoms with E-state index in [1.165, 1.54) is 109 Å². The van der Waals surface area contributed by atoms with E-state index >= 15 is 0 Å². The minimum absolute atomic E-state index is 0.102. The summed E-state index contributed by atoms with van der Waals surface area (Å²) in [7, 11) is -9.89. The molecule has 0 aliphatic heterocycles. The summed E-state index contributed by atoms with van der Waals surface area (Å²) in [4.78, 5) is 72.3. The molecule has 0 radical (unpaired) electrons. The highest BCUT2D eigenvalue weighted by molar-refractivity contribution is 7.47. The fraction of sp³-hybridized carbons (Fsp3) is 0.938. The average Bonchev–Trinajstić information content (AvgIpc) is 3.60. The monoisotopic (exact) mass is 1240 g/mol. The Morgan fingerprint density at radius 3 is 0.845 bits per heavy atom. The molecule has 0 spiro atoms. The second-order valence-corrected chi connectivity index (χ2v) is 27.8. The maximum Gasteiger partial charge on any atom is 0.472 e. The van der Waals surface area contributed by atoms with Gasteiger partial charge in [-0.3, -0.25) is 37.3 Å². The van der Waals surface area contributed by atoms with Gasteiger partial charge < -0.3 is 33.8 Å². The Bertz CT molecular complexity index is 1680. The smallest absolute Gasteiger partial charge is 0.462 e. The van der Waals surface area contributed by atoms with Crippen molar-refractivity contribution >= 4 is 39.5 Å². The van der Waals surface area contributed by atoms with Crippen LogP contribution in [0.15, 0.2) is 0 Å². The second-order valence-electron chi connectivity index (χ2n) is 24.9. The van der Waals surface area contributed by atoms with Crippen molar-refractivity contribution in [3.05, 3.63) is 0 Å². The van der Waals surface area contributed by atoms with Crippen LogP contribution >= 0.6 is 15.6 Å². The number of unbranched alkanes of at least 4 members (excludes halogenated alkanes) is 26. The highest BCUT2D eigenvalue weighted by atomic mass is 31.2. The molecule has 0 rings (SSSR count). The lowest BCUT2D eigenvalue weighted by molar-refractivity contribution is -0.161. The van der Waals surface area contributed by atoms with E-state index in [-0.39, 0.29) is 25.7 Å². The number of esters is 4. The first kappa shape index (κ1) is 82.1. The third kappa shape index (κ3) is 56.6. The van der Waals surface area contributed by atoms with Crippen LogP contribution in [0.2, 0.25) is 0 Å². The van der Waals surface area contributed by atoms with Crippen molar-refractivity contribution in [3.8, 4) is 0 Å². The van der Waals surface area contributed by atoms with Gasteiger partial charge in [-0.05, 0) is 49.4 Å². The van der Waals surface area contributed by atoms with Crippen molar-refractivity contribution in [2.75, 3.05) is 39.6 Å². The van der Waals surface area contributed by atoms with Gasteiger partial charge in [0, 0.05) is 25.7 Å². The van der Waals surface area contributed by atoms with Crippen LogP contribution in [0.4, 0.5) is 0 Å². The molecule has 3 N–H and O–H groups in total. The number of carbonyl (C=O) groups excluding carboxylic acids is 4. The average molecular weight is 1240 g/mol. The summed E-state index contributed by atoms with van der Waals surface area (Å²) in [5.74, 6) is 0.787. The molecule has 84 heavy (non-hydrogen) atoms. The van der Waals surface area contributed by atoms with Gasteiger partial charge in [-0.25, -0.2) is 9.13 Å². The van der Waals surface area contributed by atoms with Crippen LogP contribution in [0.25, 0.3) is 0 Å². The number of carbonyl (C=O) groups is 4. The zero-order chi connectivity index (χ0) is 62.5. The first-order valence-electron chi connectivity index (χ1n) is 33.8. The van der Waals surface area contributed by atoms with Crippen LogP contribution < -0.4 is 0 Å². The minimum Gasteiger partial charge on any atom is -0.462 e. The maximum absolute atomic E-state index is 13.0. The van der Waals surface area contributed by atoms with Gasteiger partial charge in [0.25, 0.3) is 0 Å². The maximum atomic E-state index is 13.0. The molecule has 0 aromatic carbocycles. The minimum atomic E-state index is -4.95. The summed E-state index contributed by atoms with van der Waals surface area (Å²) < 4.78 is 68.0. The van der Waals surface area contributed by atoms with Gasteiger partial charge in [0.15, 0.2) is 12.2 Å². The zero-order valence-corrected chi connectivity index (χ0v) is 56.3. The van der Waals surface area contributed by atoms with Crippen molar-refractivity contribution in [2.24, 2.45) is 23.7 Å². The Morgan fingerprint density at radius 1 is 0.333 bits per heavy atom. The van der Waals surface area contributed by atoms with Gasteiger partial charge in [-0.15, -0.1) is 0 Å². The number of aliphatic hydroxyl groups is 1. The lowest BCUT2D eigenvalue weighted by Crippen LogP contribution is -2.30. The molecule has 0 heterocycles. The summed E-state index contributed by atoms with van der Waals surface area (Å²) in [6, 6.07) is 0. The summed E-state index contributed by atoms with van der Waals surface area (Å²) in [6.07, 6.45) is 34.9. The molecule has 19 heteroatoms. The van der Waals surface area contributed by atoms with E-state index in [1.807, 2.05) is 0 Å². The molecule has 4 unspecified atom stereocenters. The summed E-state index contributed by atoms with van der Waals surface area (Å²) in [6.45, 7) is 14.0. The van der Waals surface area contributed by atoms with Gasteiger partial charge in [0.05, 0.1) is 26.4 Å². The van der Waals surface area contributed by atoms with Gasteiger partial charge in [-0.1, -0.05) is 261 Å². The van der Waals surface area contributed by atoms with E-state index in [0.29, 0.717) is 25.7 Å².